The van der Waals surface area contributed by atoms with E-state index in [1.54, 1.807) is 0 Å². The summed E-state index contributed by atoms with van der Waals surface area (Å²) in [5.41, 5.74) is 9.59. The molecule has 0 atom stereocenters. The fraction of sp³-hybridized carbons (Fsp3) is 0. The molecular formula is C40H28N4Pt. The molecule has 0 unspecified atom stereocenters. The second-order valence-electron chi connectivity index (χ2n) is 10.2. The van der Waals surface area contributed by atoms with Crippen molar-refractivity contribution in [3.05, 3.63) is 182 Å². The van der Waals surface area contributed by atoms with Crippen molar-refractivity contribution in [2.24, 2.45) is 0 Å². The van der Waals surface area contributed by atoms with Crippen LogP contribution in [0, 0.1) is 12.1 Å². The minimum absolute atomic E-state index is 0. The number of nitrogens with zero attached hydrogens (tertiary/aromatic N) is 4. The van der Waals surface area contributed by atoms with Crippen LogP contribution in [-0.2, 0) is 21.1 Å². The van der Waals surface area contributed by atoms with Gasteiger partial charge in [0.25, 0.3) is 0 Å². The first-order valence-corrected chi connectivity index (χ1v) is 14.5. The summed E-state index contributed by atoms with van der Waals surface area (Å²) >= 11 is 0. The van der Waals surface area contributed by atoms with Gasteiger partial charge in [-0.3, -0.25) is 0 Å². The van der Waals surface area contributed by atoms with Crippen LogP contribution in [-0.4, -0.2) is 9.97 Å². The topological polar surface area (TPSA) is 32.3 Å². The molecule has 218 valence electrons. The van der Waals surface area contributed by atoms with E-state index in [0.29, 0.717) is 0 Å². The fourth-order valence-electron chi connectivity index (χ4n) is 5.28. The molecule has 0 aliphatic heterocycles. The van der Waals surface area contributed by atoms with E-state index in [2.05, 4.69) is 117 Å². The second-order valence-corrected chi connectivity index (χ2v) is 10.2. The Morgan fingerprint density at radius 1 is 0.356 bits per heavy atom. The average Bonchev–Trinajstić information content (AvgIpc) is 3.11. The molecule has 0 saturated carbocycles. The molecule has 0 radical (unpaired) electrons. The zero-order valence-electron chi connectivity index (χ0n) is 24.3. The summed E-state index contributed by atoms with van der Waals surface area (Å²) in [7, 11) is 0. The van der Waals surface area contributed by atoms with E-state index >= 15 is 0 Å². The molecule has 0 bridgehead atoms. The summed E-state index contributed by atoms with van der Waals surface area (Å²) in [6.07, 6.45) is 3.61. The minimum atomic E-state index is 0. The van der Waals surface area contributed by atoms with E-state index in [1.807, 2.05) is 85.2 Å². The molecular weight excluding hydrogens is 732 g/mol. The summed E-state index contributed by atoms with van der Waals surface area (Å²) in [6.45, 7) is 0. The van der Waals surface area contributed by atoms with Crippen molar-refractivity contribution in [2.75, 3.05) is 9.80 Å². The maximum atomic E-state index is 4.57. The van der Waals surface area contributed by atoms with Crippen LogP contribution in [0.3, 0.4) is 0 Å². The van der Waals surface area contributed by atoms with Gasteiger partial charge in [0.2, 0.25) is 0 Å². The minimum Gasteiger partial charge on any atom is -0.346 e. The molecule has 7 rings (SSSR count). The van der Waals surface area contributed by atoms with Crippen LogP contribution in [0.4, 0.5) is 34.1 Å². The Kier molecular flexibility index (Phi) is 9.24. The quantitative estimate of drug-likeness (QED) is 0.145. The summed E-state index contributed by atoms with van der Waals surface area (Å²) < 4.78 is 0. The van der Waals surface area contributed by atoms with E-state index in [0.717, 1.165) is 56.6 Å². The maximum absolute atomic E-state index is 4.57. The molecule has 0 fully saturated rings. The number of hydrogen-bond donors (Lipinski definition) is 0. The van der Waals surface area contributed by atoms with Crippen LogP contribution in [0.2, 0.25) is 0 Å². The van der Waals surface area contributed by atoms with Crippen molar-refractivity contribution in [1.82, 2.24) is 9.97 Å². The summed E-state index contributed by atoms with van der Waals surface area (Å²) in [5.74, 6) is 0. The van der Waals surface area contributed by atoms with Crippen molar-refractivity contribution in [2.45, 2.75) is 0 Å². The first-order valence-electron chi connectivity index (χ1n) is 14.5. The van der Waals surface area contributed by atoms with Gasteiger partial charge in [0.1, 0.15) is 0 Å². The third-order valence-electron chi connectivity index (χ3n) is 7.32. The largest absolute Gasteiger partial charge is 2.00 e. The van der Waals surface area contributed by atoms with Gasteiger partial charge in [0, 0.05) is 35.1 Å². The van der Waals surface area contributed by atoms with Gasteiger partial charge < -0.3 is 19.8 Å². The van der Waals surface area contributed by atoms with Crippen LogP contribution in [0.25, 0.3) is 22.5 Å². The van der Waals surface area contributed by atoms with Crippen molar-refractivity contribution < 1.29 is 21.1 Å². The summed E-state index contributed by atoms with van der Waals surface area (Å²) in [6, 6.07) is 60.9. The van der Waals surface area contributed by atoms with Crippen molar-refractivity contribution in [3.8, 4) is 22.5 Å². The summed E-state index contributed by atoms with van der Waals surface area (Å²) in [5, 5.41) is 0. The van der Waals surface area contributed by atoms with Gasteiger partial charge in [-0.05, 0) is 83.4 Å². The molecule has 5 aromatic carbocycles. The molecule has 0 saturated heterocycles. The predicted molar refractivity (Wildman–Crippen MR) is 180 cm³/mol. The van der Waals surface area contributed by atoms with Crippen LogP contribution in [0.15, 0.2) is 170 Å². The van der Waals surface area contributed by atoms with Crippen molar-refractivity contribution in [1.29, 1.82) is 0 Å². The van der Waals surface area contributed by atoms with Crippen LogP contribution in [0.1, 0.15) is 0 Å². The van der Waals surface area contributed by atoms with E-state index in [1.165, 1.54) is 0 Å². The number of benzene rings is 5. The molecule has 0 aliphatic carbocycles. The third-order valence-corrected chi connectivity index (χ3v) is 7.32. The average molecular weight is 760 g/mol. The van der Waals surface area contributed by atoms with Gasteiger partial charge in [-0.25, -0.2) is 0 Å². The molecule has 45 heavy (non-hydrogen) atoms. The summed E-state index contributed by atoms with van der Waals surface area (Å²) in [4.78, 5) is 13.6. The molecule has 0 aliphatic rings. The Balaban J connectivity index is 0.00000357. The van der Waals surface area contributed by atoms with Crippen molar-refractivity contribution >= 4 is 34.1 Å². The first kappa shape index (κ1) is 29.7. The Morgan fingerprint density at radius 3 is 1.18 bits per heavy atom. The van der Waals surface area contributed by atoms with Gasteiger partial charge in [0.15, 0.2) is 0 Å². The smallest absolute Gasteiger partial charge is 0.346 e. The molecule has 0 N–H and O–H groups in total. The van der Waals surface area contributed by atoms with Crippen LogP contribution < -0.4 is 9.80 Å². The number of aromatic nitrogens is 2. The van der Waals surface area contributed by atoms with E-state index in [9.17, 15) is 0 Å². The Hall–Kier alpha value is -5.31. The molecule has 4 nitrogen and oxygen atoms in total. The van der Waals surface area contributed by atoms with E-state index in [4.69, 9.17) is 0 Å². The molecule has 0 spiro atoms. The maximum Gasteiger partial charge on any atom is 2.00 e. The standard InChI is InChI=1S/C40H28N4.Pt/c1-3-15-33(16-4-1)43(34-17-5-2-6-18-34)35-23-25-36(26-24-35)44(37-19-11-13-31(29-37)39-21-7-9-27-41-39)38-20-12-14-32(30-38)40-22-8-10-28-42-40;/h1-28H;/q-2;+2. The number of pyridine rings is 2. The SMILES string of the molecule is [Pt+2].[c-]1c(-c2ccccn2)cccc1N(c1[c-]c(-c2ccccn2)ccc1)c1ccc(N(c2ccccc2)c2ccccc2)cc1. The molecule has 0 amide bonds. The van der Waals surface area contributed by atoms with Gasteiger partial charge in [0.05, 0.1) is 0 Å². The monoisotopic (exact) mass is 759 g/mol. The van der Waals surface area contributed by atoms with Crippen LogP contribution in [0.5, 0.6) is 0 Å². The zero-order valence-corrected chi connectivity index (χ0v) is 26.5. The zero-order chi connectivity index (χ0) is 29.6. The van der Waals surface area contributed by atoms with Gasteiger partial charge in [-0.1, -0.05) is 60.7 Å². The second kappa shape index (κ2) is 14.0. The molecule has 7 aromatic rings. The first-order chi connectivity index (χ1) is 21.8. The Labute approximate surface area is 278 Å². The molecule has 5 heteroatoms. The Bertz CT molecular complexity index is 1830. The fourth-order valence-corrected chi connectivity index (χ4v) is 5.28. The van der Waals surface area contributed by atoms with E-state index in [-0.39, 0.29) is 21.1 Å². The van der Waals surface area contributed by atoms with Crippen LogP contribution >= 0.6 is 0 Å². The van der Waals surface area contributed by atoms with E-state index < -0.39 is 0 Å². The molecule has 2 heterocycles. The molecule has 2 aromatic heterocycles. The number of anilines is 6. The Morgan fingerprint density at radius 2 is 0.756 bits per heavy atom. The predicted octanol–water partition coefficient (Wildman–Crippen LogP) is 10.3. The van der Waals surface area contributed by atoms with Crippen molar-refractivity contribution in [3.63, 3.8) is 0 Å². The number of rotatable bonds is 8. The normalized spacial score (nSPS) is 10.5. The third kappa shape index (κ3) is 6.62. The van der Waals surface area contributed by atoms with Gasteiger partial charge in [-0.15, -0.1) is 59.7 Å². The van der Waals surface area contributed by atoms with Gasteiger partial charge >= 0.3 is 21.1 Å². The van der Waals surface area contributed by atoms with Gasteiger partial charge in [-0.2, -0.15) is 0 Å². The number of para-hydroxylation sites is 2. The number of hydrogen-bond acceptors (Lipinski definition) is 4.